The summed E-state index contributed by atoms with van der Waals surface area (Å²) in [6, 6.07) is 11.2. The molecule has 2 aromatic rings. The van der Waals surface area contributed by atoms with Crippen LogP contribution in [0.4, 0.5) is 22.0 Å². The van der Waals surface area contributed by atoms with Gasteiger partial charge in [-0.3, -0.25) is 4.79 Å². The molecule has 8 heteroatoms. The number of amides is 1. The molecule has 0 aromatic heterocycles. The molecule has 0 aliphatic rings. The van der Waals surface area contributed by atoms with E-state index in [4.69, 9.17) is 0 Å². The van der Waals surface area contributed by atoms with E-state index in [9.17, 15) is 26.7 Å². The zero-order valence-corrected chi connectivity index (χ0v) is 13.6. The summed E-state index contributed by atoms with van der Waals surface area (Å²) >= 11 is 1.27. The average molecular weight is 375 g/mol. The van der Waals surface area contributed by atoms with E-state index in [0.717, 1.165) is 17.0 Å². The number of hydrogen-bond donors (Lipinski definition) is 1. The van der Waals surface area contributed by atoms with Crippen LogP contribution in [-0.4, -0.2) is 11.7 Å². The van der Waals surface area contributed by atoms with Gasteiger partial charge in [0, 0.05) is 17.0 Å². The third-order valence-electron chi connectivity index (χ3n) is 3.20. The van der Waals surface area contributed by atoms with Crippen LogP contribution in [0.15, 0.2) is 53.4 Å². The molecule has 0 atom stereocenters. The molecule has 0 spiro atoms. The fraction of sp³-hybridized carbons (Fsp3) is 0.235. The predicted molar refractivity (Wildman–Crippen MR) is 85.4 cm³/mol. The van der Waals surface area contributed by atoms with E-state index in [1.807, 2.05) is 30.3 Å². The van der Waals surface area contributed by atoms with Crippen LogP contribution < -0.4 is 5.32 Å². The van der Waals surface area contributed by atoms with Gasteiger partial charge in [0.2, 0.25) is 5.91 Å². The van der Waals surface area contributed by atoms with Crippen molar-refractivity contribution < 1.29 is 26.7 Å². The van der Waals surface area contributed by atoms with Crippen molar-refractivity contribution in [3.8, 4) is 0 Å². The van der Waals surface area contributed by atoms with Crippen LogP contribution in [0.25, 0.3) is 0 Å². The molecule has 2 aromatic carbocycles. The van der Waals surface area contributed by atoms with Crippen LogP contribution in [0.2, 0.25) is 0 Å². The maximum absolute atomic E-state index is 12.8. The Kier molecular flexibility index (Phi) is 6.41. The molecule has 25 heavy (non-hydrogen) atoms. The van der Waals surface area contributed by atoms with Crippen molar-refractivity contribution in [1.82, 2.24) is 5.32 Å². The minimum Gasteiger partial charge on any atom is -0.351 e. The maximum atomic E-state index is 12.8. The molecule has 0 radical (unpaired) electrons. The molecular weight excluding hydrogens is 361 g/mol. The molecule has 0 saturated carbocycles. The van der Waals surface area contributed by atoms with Crippen molar-refractivity contribution in [3.05, 3.63) is 65.2 Å². The molecule has 0 aliphatic heterocycles. The van der Waals surface area contributed by atoms with Crippen LogP contribution in [0.3, 0.4) is 0 Å². The number of halogens is 5. The Hall–Kier alpha value is -2.09. The molecule has 0 bridgehead atoms. The first-order chi connectivity index (χ1) is 11.8. The van der Waals surface area contributed by atoms with Gasteiger partial charge in [0.1, 0.15) is 0 Å². The summed E-state index contributed by atoms with van der Waals surface area (Å²) in [4.78, 5) is 12.7. The van der Waals surface area contributed by atoms with Crippen LogP contribution >= 0.6 is 11.8 Å². The number of nitrogens with one attached hydrogen (secondary N) is 1. The lowest BCUT2D eigenvalue weighted by atomic mass is 10.1. The second kappa shape index (κ2) is 8.33. The van der Waals surface area contributed by atoms with Gasteiger partial charge < -0.3 is 5.32 Å². The largest absolute Gasteiger partial charge is 0.416 e. The normalized spacial score (nSPS) is 11.6. The second-order valence-corrected chi connectivity index (χ2v) is 6.19. The van der Waals surface area contributed by atoms with Gasteiger partial charge >= 0.3 is 6.18 Å². The number of thioether (sulfide) groups is 1. The van der Waals surface area contributed by atoms with Gasteiger partial charge in [0.25, 0.3) is 6.43 Å². The van der Waals surface area contributed by atoms with Gasteiger partial charge in [-0.2, -0.15) is 13.2 Å². The summed E-state index contributed by atoms with van der Waals surface area (Å²) in [7, 11) is 0. The molecule has 0 unspecified atom stereocenters. The Morgan fingerprint density at radius 2 is 1.76 bits per heavy atom. The van der Waals surface area contributed by atoms with Crippen molar-refractivity contribution in [2.45, 2.75) is 24.0 Å². The monoisotopic (exact) mass is 375 g/mol. The van der Waals surface area contributed by atoms with E-state index in [2.05, 4.69) is 5.32 Å². The first-order valence-electron chi connectivity index (χ1n) is 7.19. The van der Waals surface area contributed by atoms with Crippen LogP contribution in [-0.2, 0) is 17.5 Å². The average Bonchev–Trinajstić information content (AvgIpc) is 2.58. The third kappa shape index (κ3) is 6.04. The lowest BCUT2D eigenvalue weighted by Gasteiger charge is -2.12. The Morgan fingerprint density at radius 1 is 1.08 bits per heavy atom. The molecule has 0 heterocycles. The van der Waals surface area contributed by atoms with Gasteiger partial charge in [-0.1, -0.05) is 18.2 Å². The van der Waals surface area contributed by atoms with Gasteiger partial charge in [-0.15, -0.1) is 11.8 Å². The summed E-state index contributed by atoms with van der Waals surface area (Å²) in [5.74, 6) is -0.324. The number of alkyl halides is 5. The summed E-state index contributed by atoms with van der Waals surface area (Å²) in [5.41, 5.74) is -1.91. The fourth-order valence-corrected chi connectivity index (χ4v) is 2.78. The van der Waals surface area contributed by atoms with Crippen molar-refractivity contribution in [2.75, 3.05) is 5.75 Å². The van der Waals surface area contributed by atoms with Gasteiger partial charge in [0.15, 0.2) is 0 Å². The smallest absolute Gasteiger partial charge is 0.351 e. The molecule has 2 nitrogen and oxygen atoms in total. The number of benzene rings is 2. The molecule has 134 valence electrons. The highest BCUT2D eigenvalue weighted by atomic mass is 32.2. The summed E-state index contributed by atoms with van der Waals surface area (Å²) < 4.78 is 63.9. The molecule has 1 amide bonds. The SMILES string of the molecule is O=C(CSc1ccccc1)NCc1cc(C(F)F)cc(C(F)(F)F)c1. The zero-order valence-electron chi connectivity index (χ0n) is 12.8. The van der Waals surface area contributed by atoms with E-state index in [1.165, 1.54) is 11.8 Å². The number of carbonyl (C=O) groups excluding carboxylic acids is 1. The van der Waals surface area contributed by atoms with Crippen molar-refractivity contribution >= 4 is 17.7 Å². The highest BCUT2D eigenvalue weighted by Gasteiger charge is 2.32. The second-order valence-electron chi connectivity index (χ2n) is 5.14. The highest BCUT2D eigenvalue weighted by Crippen LogP contribution is 2.33. The molecule has 0 aliphatic carbocycles. The topological polar surface area (TPSA) is 29.1 Å². The van der Waals surface area contributed by atoms with Crippen LogP contribution in [0, 0.1) is 0 Å². The maximum Gasteiger partial charge on any atom is 0.416 e. The number of carbonyl (C=O) groups is 1. The lowest BCUT2D eigenvalue weighted by Crippen LogP contribution is -2.24. The molecule has 2 rings (SSSR count). The molecule has 1 N–H and O–H groups in total. The Morgan fingerprint density at radius 3 is 2.36 bits per heavy atom. The van der Waals surface area contributed by atoms with Gasteiger partial charge in [-0.05, 0) is 35.9 Å². The quantitative estimate of drug-likeness (QED) is 0.565. The van der Waals surface area contributed by atoms with Crippen molar-refractivity contribution in [3.63, 3.8) is 0 Å². The summed E-state index contributed by atoms with van der Waals surface area (Å²) in [5, 5.41) is 2.44. The van der Waals surface area contributed by atoms with E-state index >= 15 is 0 Å². The number of hydrogen-bond acceptors (Lipinski definition) is 2. The number of rotatable bonds is 6. The van der Waals surface area contributed by atoms with Crippen LogP contribution in [0.5, 0.6) is 0 Å². The van der Waals surface area contributed by atoms with Gasteiger partial charge in [0.05, 0.1) is 11.3 Å². The molecule has 0 fully saturated rings. The first-order valence-corrected chi connectivity index (χ1v) is 8.18. The Balaban J connectivity index is 1.99. The van der Waals surface area contributed by atoms with E-state index in [0.29, 0.717) is 6.07 Å². The minimum atomic E-state index is -4.73. The summed E-state index contributed by atoms with van der Waals surface area (Å²) in [6.45, 7) is -0.252. The van der Waals surface area contributed by atoms with Crippen molar-refractivity contribution in [1.29, 1.82) is 0 Å². The van der Waals surface area contributed by atoms with E-state index in [-0.39, 0.29) is 17.9 Å². The van der Waals surface area contributed by atoms with Gasteiger partial charge in [-0.25, -0.2) is 8.78 Å². The van der Waals surface area contributed by atoms with Crippen LogP contribution in [0.1, 0.15) is 23.1 Å². The fourth-order valence-electron chi connectivity index (χ4n) is 2.03. The van der Waals surface area contributed by atoms with E-state index in [1.54, 1.807) is 0 Å². The highest BCUT2D eigenvalue weighted by molar-refractivity contribution is 8.00. The zero-order chi connectivity index (χ0) is 18.4. The Bertz CT molecular complexity index is 719. The third-order valence-corrected chi connectivity index (χ3v) is 4.21. The first kappa shape index (κ1) is 19.2. The molecule has 0 saturated heterocycles. The lowest BCUT2D eigenvalue weighted by molar-refractivity contribution is -0.137. The van der Waals surface area contributed by atoms with Crippen molar-refractivity contribution in [2.24, 2.45) is 0 Å². The minimum absolute atomic E-state index is 0.0248. The summed E-state index contributed by atoms with van der Waals surface area (Å²) in [6.07, 6.45) is -7.75. The molecular formula is C17H14F5NOS. The van der Waals surface area contributed by atoms with E-state index < -0.39 is 29.6 Å². The predicted octanol–water partition coefficient (Wildman–Crippen LogP) is 5.05. The standard InChI is InChI=1S/C17H14F5NOS/c18-16(19)12-6-11(7-13(8-12)17(20,21)22)9-23-15(24)10-25-14-4-2-1-3-5-14/h1-8,16H,9-10H2,(H,23,24). The Labute approximate surface area is 145 Å².